The molecule has 1 atom stereocenters. The number of terminal acetylenes is 1. The highest BCUT2D eigenvalue weighted by molar-refractivity contribution is 5.95. The third-order valence-corrected chi connectivity index (χ3v) is 2.58. The maximum atomic E-state index is 11.8. The van der Waals surface area contributed by atoms with Crippen LogP contribution in [0, 0.1) is 12.3 Å². The number of benzene rings is 1. The number of rotatable bonds is 6. The van der Waals surface area contributed by atoms with Gasteiger partial charge in [-0.25, -0.2) is 9.59 Å². The van der Waals surface area contributed by atoms with E-state index in [-0.39, 0.29) is 5.56 Å². The predicted octanol–water partition coefficient (Wildman–Crippen LogP) is 2.82. The lowest BCUT2D eigenvalue weighted by atomic mass is 10.1. The van der Waals surface area contributed by atoms with Gasteiger partial charge in [0.2, 0.25) is 0 Å². The van der Waals surface area contributed by atoms with E-state index in [1.54, 1.807) is 25.1 Å². The van der Waals surface area contributed by atoms with Crippen LogP contribution in [-0.2, 0) is 9.47 Å². The second kappa shape index (κ2) is 8.00. The van der Waals surface area contributed by atoms with E-state index in [9.17, 15) is 9.59 Å². The average molecular weight is 274 g/mol. The molecule has 1 unspecified atom stereocenters. The monoisotopic (exact) mass is 274 g/mol. The van der Waals surface area contributed by atoms with Gasteiger partial charge in [-0.1, -0.05) is 25.3 Å². The van der Waals surface area contributed by atoms with Gasteiger partial charge < -0.3 is 9.47 Å². The van der Waals surface area contributed by atoms with Gasteiger partial charge in [-0.2, -0.15) is 0 Å². The third-order valence-electron chi connectivity index (χ3n) is 2.58. The second-order valence-electron chi connectivity index (χ2n) is 4.28. The fraction of sp³-hybridized carbons (Fsp3) is 0.375. The van der Waals surface area contributed by atoms with E-state index in [0.717, 1.165) is 12.8 Å². The molecule has 0 aromatic heterocycles. The van der Waals surface area contributed by atoms with Crippen LogP contribution in [0.1, 0.15) is 47.4 Å². The first-order valence-electron chi connectivity index (χ1n) is 6.52. The Kier molecular flexibility index (Phi) is 6.31. The Labute approximate surface area is 119 Å². The van der Waals surface area contributed by atoms with Gasteiger partial charge in [0, 0.05) is 0 Å². The van der Waals surface area contributed by atoms with Crippen LogP contribution in [0.3, 0.4) is 0 Å². The number of carbonyl (C=O) groups excluding carboxylic acids is 2. The maximum Gasteiger partial charge on any atom is 0.339 e. The van der Waals surface area contributed by atoms with Crippen LogP contribution in [-0.4, -0.2) is 24.6 Å². The summed E-state index contributed by atoms with van der Waals surface area (Å²) in [5.41, 5.74) is 0.598. The Hall–Kier alpha value is -2.28. The van der Waals surface area contributed by atoms with E-state index < -0.39 is 18.0 Å². The standard InChI is InChI=1S/C16H18O4/c1-4-6-10-19-15(17)13-8-7-9-14(11-13)16(18)20-12(3)5-2/h2,7-9,11-12H,4,6,10H2,1,3H3. The molecular formula is C16H18O4. The van der Waals surface area contributed by atoms with Crippen LogP contribution in [0.2, 0.25) is 0 Å². The highest BCUT2D eigenvalue weighted by atomic mass is 16.5. The van der Waals surface area contributed by atoms with E-state index in [2.05, 4.69) is 5.92 Å². The van der Waals surface area contributed by atoms with Crippen molar-refractivity contribution < 1.29 is 19.1 Å². The zero-order chi connectivity index (χ0) is 15.0. The number of esters is 2. The summed E-state index contributed by atoms with van der Waals surface area (Å²) in [4.78, 5) is 23.5. The number of hydrogen-bond acceptors (Lipinski definition) is 4. The lowest BCUT2D eigenvalue weighted by Crippen LogP contribution is -2.14. The lowest BCUT2D eigenvalue weighted by molar-refractivity contribution is 0.0439. The predicted molar refractivity (Wildman–Crippen MR) is 75.3 cm³/mol. The molecule has 0 spiro atoms. The van der Waals surface area contributed by atoms with Crippen molar-refractivity contribution in [3.63, 3.8) is 0 Å². The van der Waals surface area contributed by atoms with E-state index >= 15 is 0 Å². The van der Waals surface area contributed by atoms with Crippen molar-refractivity contribution in [3.05, 3.63) is 35.4 Å². The van der Waals surface area contributed by atoms with Crippen molar-refractivity contribution in [2.75, 3.05) is 6.61 Å². The summed E-state index contributed by atoms with van der Waals surface area (Å²) in [6, 6.07) is 6.21. The molecule has 0 radical (unpaired) electrons. The molecule has 0 amide bonds. The van der Waals surface area contributed by atoms with Crippen LogP contribution >= 0.6 is 0 Å². The molecule has 0 aliphatic rings. The van der Waals surface area contributed by atoms with Crippen LogP contribution in [0.25, 0.3) is 0 Å². The first-order chi connectivity index (χ1) is 9.58. The Morgan fingerprint density at radius 1 is 1.30 bits per heavy atom. The minimum Gasteiger partial charge on any atom is -0.462 e. The van der Waals surface area contributed by atoms with Crippen LogP contribution in [0.5, 0.6) is 0 Å². The average Bonchev–Trinajstić information content (AvgIpc) is 2.47. The first kappa shape index (κ1) is 15.8. The molecule has 0 fully saturated rings. The number of carbonyl (C=O) groups is 2. The van der Waals surface area contributed by atoms with Gasteiger partial charge in [0.05, 0.1) is 17.7 Å². The Morgan fingerprint density at radius 2 is 1.95 bits per heavy atom. The van der Waals surface area contributed by atoms with Gasteiger partial charge in [0.15, 0.2) is 6.10 Å². The fourth-order valence-electron chi connectivity index (χ4n) is 1.43. The smallest absolute Gasteiger partial charge is 0.339 e. The molecular weight excluding hydrogens is 256 g/mol. The van der Waals surface area contributed by atoms with E-state index in [1.165, 1.54) is 6.07 Å². The summed E-state index contributed by atoms with van der Waals surface area (Å²) in [6.45, 7) is 3.98. The molecule has 0 heterocycles. The highest BCUT2D eigenvalue weighted by Crippen LogP contribution is 2.10. The van der Waals surface area contributed by atoms with Gasteiger partial charge in [0.1, 0.15) is 0 Å². The van der Waals surface area contributed by atoms with Crippen LogP contribution < -0.4 is 0 Å². The minimum absolute atomic E-state index is 0.275. The van der Waals surface area contributed by atoms with Gasteiger partial charge in [-0.05, 0) is 31.5 Å². The van der Waals surface area contributed by atoms with Crippen molar-refractivity contribution in [3.8, 4) is 12.3 Å². The first-order valence-corrected chi connectivity index (χ1v) is 6.52. The molecule has 1 aromatic carbocycles. The largest absolute Gasteiger partial charge is 0.462 e. The topological polar surface area (TPSA) is 52.6 Å². The Morgan fingerprint density at radius 3 is 2.55 bits per heavy atom. The summed E-state index contributed by atoms with van der Waals surface area (Å²) < 4.78 is 10.1. The molecule has 0 aliphatic carbocycles. The summed E-state index contributed by atoms with van der Waals surface area (Å²) in [5.74, 6) is 1.30. The third kappa shape index (κ3) is 4.77. The van der Waals surface area contributed by atoms with Crippen LogP contribution in [0.15, 0.2) is 24.3 Å². The normalized spacial score (nSPS) is 11.2. The van der Waals surface area contributed by atoms with Gasteiger partial charge in [0.25, 0.3) is 0 Å². The van der Waals surface area contributed by atoms with Crippen molar-refractivity contribution in [1.29, 1.82) is 0 Å². The molecule has 0 N–H and O–H groups in total. The van der Waals surface area contributed by atoms with E-state index in [4.69, 9.17) is 15.9 Å². The summed E-state index contributed by atoms with van der Waals surface area (Å²) >= 11 is 0. The summed E-state index contributed by atoms with van der Waals surface area (Å²) in [5, 5.41) is 0. The Bertz CT molecular complexity index is 513. The van der Waals surface area contributed by atoms with Gasteiger partial charge >= 0.3 is 11.9 Å². The quantitative estimate of drug-likeness (QED) is 0.455. The fourth-order valence-corrected chi connectivity index (χ4v) is 1.43. The molecule has 1 aromatic rings. The number of hydrogen-bond donors (Lipinski definition) is 0. The summed E-state index contributed by atoms with van der Waals surface area (Å²) in [7, 11) is 0. The van der Waals surface area contributed by atoms with Crippen molar-refractivity contribution in [2.24, 2.45) is 0 Å². The van der Waals surface area contributed by atoms with Crippen molar-refractivity contribution >= 4 is 11.9 Å². The molecule has 20 heavy (non-hydrogen) atoms. The molecule has 106 valence electrons. The van der Waals surface area contributed by atoms with Gasteiger partial charge in [-0.15, -0.1) is 6.42 Å². The zero-order valence-electron chi connectivity index (χ0n) is 11.7. The van der Waals surface area contributed by atoms with E-state index in [1.807, 2.05) is 6.92 Å². The van der Waals surface area contributed by atoms with Gasteiger partial charge in [-0.3, -0.25) is 0 Å². The molecule has 4 heteroatoms. The molecule has 0 bridgehead atoms. The second-order valence-corrected chi connectivity index (χ2v) is 4.28. The molecule has 0 aliphatic heterocycles. The maximum absolute atomic E-state index is 11.8. The zero-order valence-corrected chi connectivity index (χ0v) is 11.7. The molecule has 4 nitrogen and oxygen atoms in total. The highest BCUT2D eigenvalue weighted by Gasteiger charge is 2.13. The SMILES string of the molecule is C#CC(C)OC(=O)c1cccc(C(=O)OCCCC)c1. The number of ether oxygens (including phenoxy) is 2. The minimum atomic E-state index is -0.609. The molecule has 0 saturated carbocycles. The Balaban J connectivity index is 2.73. The molecule has 0 saturated heterocycles. The van der Waals surface area contributed by atoms with Crippen molar-refractivity contribution in [2.45, 2.75) is 32.8 Å². The molecule has 1 rings (SSSR count). The lowest BCUT2D eigenvalue weighted by Gasteiger charge is -2.08. The van der Waals surface area contributed by atoms with Crippen LogP contribution in [0.4, 0.5) is 0 Å². The number of unbranched alkanes of at least 4 members (excludes halogenated alkanes) is 1. The van der Waals surface area contributed by atoms with Crippen molar-refractivity contribution in [1.82, 2.24) is 0 Å². The van der Waals surface area contributed by atoms with E-state index in [0.29, 0.717) is 12.2 Å². The summed E-state index contributed by atoms with van der Waals surface area (Å²) in [6.07, 6.45) is 6.30.